The molecule has 1 fully saturated rings. The van der Waals surface area contributed by atoms with Gasteiger partial charge in [0.15, 0.2) is 0 Å². The van der Waals surface area contributed by atoms with E-state index in [9.17, 15) is 4.79 Å². The maximum atomic E-state index is 12.1. The van der Waals surface area contributed by atoms with Gasteiger partial charge in [0.1, 0.15) is 5.78 Å². The van der Waals surface area contributed by atoms with Gasteiger partial charge in [-0.05, 0) is 18.2 Å². The van der Waals surface area contributed by atoms with Gasteiger partial charge in [-0.1, -0.05) is 0 Å². The molecule has 1 aliphatic heterocycles. The Hall–Kier alpha value is -2.60. The predicted octanol–water partition coefficient (Wildman–Crippen LogP) is 1.36. The molecule has 0 spiro atoms. The van der Waals surface area contributed by atoms with Gasteiger partial charge in [0.25, 0.3) is 0 Å². The van der Waals surface area contributed by atoms with E-state index in [-0.39, 0.29) is 11.7 Å². The molecule has 4 heterocycles. The number of hydrogen-bond acceptors (Lipinski definition) is 5. The highest BCUT2D eigenvalue weighted by Crippen LogP contribution is 2.21. The Morgan fingerprint density at radius 2 is 2.22 bits per heavy atom. The van der Waals surface area contributed by atoms with Crippen molar-refractivity contribution >= 4 is 16.7 Å². The van der Waals surface area contributed by atoms with Gasteiger partial charge < -0.3 is 5.32 Å². The van der Waals surface area contributed by atoms with Crippen LogP contribution in [-0.4, -0.2) is 38.6 Å². The topological polar surface area (TPSA) is 72.7 Å². The van der Waals surface area contributed by atoms with E-state index in [1.165, 1.54) is 0 Å². The second-order valence-electron chi connectivity index (χ2n) is 5.97. The largest absolute Gasteiger partial charge is 0.315 e. The lowest BCUT2D eigenvalue weighted by atomic mass is 9.94. The molecule has 23 heavy (non-hydrogen) atoms. The Bertz CT molecular complexity index is 882. The molecule has 0 saturated carbocycles. The van der Waals surface area contributed by atoms with Crippen LogP contribution < -0.4 is 5.32 Å². The Kier molecular flexibility index (Phi) is 3.38. The van der Waals surface area contributed by atoms with E-state index in [2.05, 4.69) is 20.4 Å². The third-order valence-electron chi connectivity index (χ3n) is 4.22. The van der Waals surface area contributed by atoms with Gasteiger partial charge in [0.2, 0.25) is 0 Å². The fraction of sp³-hybridized carbons (Fsp3) is 0.294. The van der Waals surface area contributed by atoms with Crippen molar-refractivity contribution in [2.75, 3.05) is 13.1 Å². The van der Waals surface area contributed by atoms with E-state index >= 15 is 0 Å². The summed E-state index contributed by atoms with van der Waals surface area (Å²) in [5, 5.41) is 8.27. The van der Waals surface area contributed by atoms with E-state index in [1.807, 2.05) is 31.4 Å². The molecule has 0 aromatic carbocycles. The lowest BCUT2D eigenvalue weighted by Crippen LogP contribution is -2.47. The molecule has 0 unspecified atom stereocenters. The molecule has 0 aliphatic carbocycles. The number of nitrogens with one attached hydrogen (secondary N) is 1. The van der Waals surface area contributed by atoms with Crippen molar-refractivity contribution in [1.82, 2.24) is 25.1 Å². The van der Waals surface area contributed by atoms with Crippen LogP contribution in [0.4, 0.5) is 0 Å². The summed E-state index contributed by atoms with van der Waals surface area (Å²) in [7, 11) is 1.88. The van der Waals surface area contributed by atoms with E-state index in [4.69, 9.17) is 0 Å². The summed E-state index contributed by atoms with van der Waals surface area (Å²) in [6, 6.07) is 5.88. The number of fused-ring (bicyclic) bond motifs is 1. The van der Waals surface area contributed by atoms with Crippen LogP contribution in [0.1, 0.15) is 5.69 Å². The highest BCUT2D eigenvalue weighted by molar-refractivity contribution is 5.86. The molecule has 6 nitrogen and oxygen atoms in total. The van der Waals surface area contributed by atoms with Gasteiger partial charge in [-0.3, -0.25) is 14.5 Å². The molecule has 1 aliphatic rings. The molecule has 116 valence electrons. The number of Topliss-reactive ketones (excluding diaryl/α,β-unsaturated/α-hetero) is 1. The molecule has 4 rings (SSSR count). The van der Waals surface area contributed by atoms with Crippen LogP contribution in [-0.2, 0) is 18.3 Å². The maximum Gasteiger partial charge on any atom is 0.144 e. The van der Waals surface area contributed by atoms with Crippen molar-refractivity contribution in [3.8, 4) is 11.3 Å². The first-order valence-corrected chi connectivity index (χ1v) is 7.67. The third-order valence-corrected chi connectivity index (χ3v) is 4.22. The summed E-state index contributed by atoms with van der Waals surface area (Å²) in [6.07, 6.45) is 5.89. The molecular formula is C17H17N5O. The summed E-state index contributed by atoms with van der Waals surface area (Å²) in [5.41, 5.74) is 3.49. The van der Waals surface area contributed by atoms with Gasteiger partial charge in [0, 0.05) is 61.5 Å². The van der Waals surface area contributed by atoms with Crippen LogP contribution >= 0.6 is 0 Å². The first kappa shape index (κ1) is 14.0. The van der Waals surface area contributed by atoms with Crippen LogP contribution in [0.2, 0.25) is 0 Å². The van der Waals surface area contributed by atoms with Gasteiger partial charge >= 0.3 is 0 Å². The van der Waals surface area contributed by atoms with E-state index in [1.54, 1.807) is 17.1 Å². The van der Waals surface area contributed by atoms with Gasteiger partial charge in [0.05, 0.1) is 17.4 Å². The second kappa shape index (κ2) is 5.55. The zero-order valence-electron chi connectivity index (χ0n) is 12.9. The number of rotatable bonds is 4. The Balaban J connectivity index is 1.65. The lowest BCUT2D eigenvalue weighted by molar-refractivity contribution is -0.123. The van der Waals surface area contributed by atoms with Gasteiger partial charge in [-0.15, -0.1) is 0 Å². The summed E-state index contributed by atoms with van der Waals surface area (Å²) in [4.78, 5) is 21.2. The zero-order chi connectivity index (χ0) is 15.8. The quantitative estimate of drug-likeness (QED) is 0.788. The van der Waals surface area contributed by atoms with Crippen molar-refractivity contribution < 1.29 is 4.79 Å². The number of ketones is 1. The number of hydrogen-bond donors (Lipinski definition) is 1. The standard InChI is InChI=1S/C17H17N5O/c1-22-10-13(9-20-22)15-3-2-11-8-19-14(4-16(11)21-15)5-17(23)12-6-18-7-12/h2-4,8-10,12,18H,5-7H2,1H3. The molecule has 0 radical (unpaired) electrons. The van der Waals surface area contributed by atoms with Crippen LogP contribution in [0.25, 0.3) is 22.2 Å². The monoisotopic (exact) mass is 307 g/mol. The molecule has 6 heteroatoms. The Labute approximate surface area is 133 Å². The average Bonchev–Trinajstić information content (AvgIpc) is 2.91. The molecule has 0 bridgehead atoms. The fourth-order valence-electron chi connectivity index (χ4n) is 2.71. The lowest BCUT2D eigenvalue weighted by Gasteiger charge is -2.25. The molecule has 1 saturated heterocycles. The van der Waals surface area contributed by atoms with Gasteiger partial charge in [-0.2, -0.15) is 5.10 Å². The minimum Gasteiger partial charge on any atom is -0.315 e. The molecule has 3 aromatic rings. The first-order chi connectivity index (χ1) is 11.2. The summed E-state index contributed by atoms with van der Waals surface area (Å²) < 4.78 is 1.75. The number of aryl methyl sites for hydroxylation is 1. The highest BCUT2D eigenvalue weighted by atomic mass is 16.1. The smallest absolute Gasteiger partial charge is 0.144 e. The van der Waals surface area contributed by atoms with E-state index in [0.29, 0.717) is 6.42 Å². The fourth-order valence-corrected chi connectivity index (χ4v) is 2.71. The minimum atomic E-state index is 0.141. The van der Waals surface area contributed by atoms with Crippen molar-refractivity contribution in [2.45, 2.75) is 6.42 Å². The maximum absolute atomic E-state index is 12.1. The summed E-state index contributed by atoms with van der Waals surface area (Å²) in [5.74, 6) is 0.390. The molecule has 3 aromatic heterocycles. The number of carbonyl (C=O) groups excluding carboxylic acids is 1. The normalized spacial score (nSPS) is 14.8. The van der Waals surface area contributed by atoms with E-state index < -0.39 is 0 Å². The highest BCUT2D eigenvalue weighted by Gasteiger charge is 2.24. The third kappa shape index (κ3) is 2.73. The van der Waals surface area contributed by atoms with Crippen LogP contribution in [0, 0.1) is 5.92 Å². The molecule has 1 N–H and O–H groups in total. The molecule has 0 atom stereocenters. The number of nitrogens with zero attached hydrogens (tertiary/aromatic N) is 4. The number of aromatic nitrogens is 4. The SMILES string of the molecule is Cn1cc(-c2ccc3cnc(CC(=O)C4CNC4)cc3n2)cn1. The second-order valence-corrected chi connectivity index (χ2v) is 5.97. The van der Waals surface area contributed by atoms with Crippen LogP contribution in [0.15, 0.2) is 36.8 Å². The van der Waals surface area contributed by atoms with Crippen LogP contribution in [0.3, 0.4) is 0 Å². The van der Waals surface area contributed by atoms with Crippen molar-refractivity contribution in [1.29, 1.82) is 0 Å². The van der Waals surface area contributed by atoms with E-state index in [0.717, 1.165) is 40.9 Å². The number of pyridine rings is 2. The van der Waals surface area contributed by atoms with Crippen molar-refractivity contribution in [2.24, 2.45) is 13.0 Å². The minimum absolute atomic E-state index is 0.141. The van der Waals surface area contributed by atoms with Crippen molar-refractivity contribution in [3.05, 3.63) is 42.5 Å². The Morgan fingerprint density at radius 1 is 1.35 bits per heavy atom. The average molecular weight is 307 g/mol. The predicted molar refractivity (Wildman–Crippen MR) is 86.8 cm³/mol. The zero-order valence-corrected chi connectivity index (χ0v) is 12.9. The van der Waals surface area contributed by atoms with Gasteiger partial charge in [-0.25, -0.2) is 4.98 Å². The Morgan fingerprint density at radius 3 is 2.91 bits per heavy atom. The van der Waals surface area contributed by atoms with Crippen LogP contribution in [0.5, 0.6) is 0 Å². The van der Waals surface area contributed by atoms with Crippen molar-refractivity contribution in [3.63, 3.8) is 0 Å². The number of carbonyl (C=O) groups is 1. The molecule has 0 amide bonds. The molecular weight excluding hydrogens is 290 g/mol. The summed E-state index contributed by atoms with van der Waals surface area (Å²) in [6.45, 7) is 1.58. The summed E-state index contributed by atoms with van der Waals surface area (Å²) >= 11 is 0. The first-order valence-electron chi connectivity index (χ1n) is 7.67.